The van der Waals surface area contributed by atoms with Crippen LogP contribution in [0.5, 0.6) is 0 Å². The number of carbonyl (C=O) groups is 1. The molecule has 2 atom stereocenters. The van der Waals surface area contributed by atoms with Gasteiger partial charge in [-0.3, -0.25) is 4.79 Å². The summed E-state index contributed by atoms with van der Waals surface area (Å²) in [5.41, 5.74) is 0.443. The van der Waals surface area contributed by atoms with Crippen LogP contribution >= 0.6 is 0 Å². The summed E-state index contributed by atoms with van der Waals surface area (Å²) in [6, 6.07) is 0.643. The van der Waals surface area contributed by atoms with Gasteiger partial charge in [0.2, 0.25) is 0 Å². The van der Waals surface area contributed by atoms with Crippen molar-refractivity contribution in [3.8, 4) is 0 Å². The fraction of sp³-hybridized carbons (Fsp3) is 0.941. The van der Waals surface area contributed by atoms with Crippen LogP contribution in [-0.4, -0.2) is 25.2 Å². The van der Waals surface area contributed by atoms with Crippen molar-refractivity contribution in [2.75, 3.05) is 13.2 Å². The molecule has 3 heteroatoms. The van der Waals surface area contributed by atoms with Crippen molar-refractivity contribution >= 4 is 5.97 Å². The van der Waals surface area contributed by atoms with Crippen LogP contribution in [0.25, 0.3) is 0 Å². The Balaban J connectivity index is 2.18. The van der Waals surface area contributed by atoms with Crippen molar-refractivity contribution in [2.24, 2.45) is 11.3 Å². The molecule has 0 aromatic rings. The van der Waals surface area contributed by atoms with Crippen LogP contribution < -0.4 is 5.32 Å². The summed E-state index contributed by atoms with van der Waals surface area (Å²) in [7, 11) is 0. The monoisotopic (exact) mass is 283 g/mol. The molecule has 0 aromatic carbocycles. The molecule has 0 radical (unpaired) electrons. The van der Waals surface area contributed by atoms with Crippen LogP contribution in [-0.2, 0) is 9.53 Å². The van der Waals surface area contributed by atoms with Crippen molar-refractivity contribution in [3.63, 3.8) is 0 Å². The highest BCUT2D eigenvalue weighted by Gasteiger charge is 2.27. The second-order valence-corrected chi connectivity index (χ2v) is 7.13. The maximum Gasteiger partial charge on any atom is 0.305 e. The second kappa shape index (κ2) is 8.66. The summed E-state index contributed by atoms with van der Waals surface area (Å²) in [6.45, 7) is 10.4. The van der Waals surface area contributed by atoms with E-state index in [9.17, 15) is 4.79 Å². The zero-order valence-corrected chi connectivity index (χ0v) is 13.8. The zero-order valence-electron chi connectivity index (χ0n) is 13.8. The van der Waals surface area contributed by atoms with Gasteiger partial charge < -0.3 is 10.1 Å². The molecule has 0 aliphatic heterocycles. The van der Waals surface area contributed by atoms with Gasteiger partial charge in [0.05, 0.1) is 6.61 Å². The molecular weight excluding hydrogens is 250 g/mol. The average molecular weight is 283 g/mol. The van der Waals surface area contributed by atoms with Gasteiger partial charge in [-0.05, 0) is 56.9 Å². The van der Waals surface area contributed by atoms with Crippen LogP contribution in [0.1, 0.15) is 72.6 Å². The first-order valence-electron chi connectivity index (χ1n) is 8.32. The molecule has 0 aromatic heterocycles. The molecule has 0 spiro atoms. The van der Waals surface area contributed by atoms with Gasteiger partial charge in [0, 0.05) is 12.5 Å². The van der Waals surface area contributed by atoms with Crippen LogP contribution in [0, 0.1) is 11.3 Å². The lowest BCUT2D eigenvalue weighted by Crippen LogP contribution is -2.30. The summed E-state index contributed by atoms with van der Waals surface area (Å²) in [4.78, 5) is 11.3. The van der Waals surface area contributed by atoms with Crippen molar-refractivity contribution in [1.29, 1.82) is 0 Å². The predicted molar refractivity (Wildman–Crippen MR) is 83.7 cm³/mol. The number of ether oxygens (including phenoxy) is 1. The summed E-state index contributed by atoms with van der Waals surface area (Å²) in [5, 5.41) is 3.62. The molecule has 118 valence electrons. The maximum absolute atomic E-state index is 11.3. The Labute approximate surface area is 124 Å². The minimum atomic E-state index is -0.0667. The Morgan fingerprint density at radius 1 is 1.20 bits per heavy atom. The Morgan fingerprint density at radius 2 is 1.95 bits per heavy atom. The number of hydrogen-bond acceptors (Lipinski definition) is 3. The summed E-state index contributed by atoms with van der Waals surface area (Å²) >= 11 is 0. The Hall–Kier alpha value is -0.570. The van der Waals surface area contributed by atoms with Gasteiger partial charge in [0.15, 0.2) is 0 Å². The molecule has 0 bridgehead atoms. The molecule has 0 saturated heterocycles. The van der Waals surface area contributed by atoms with Gasteiger partial charge >= 0.3 is 5.97 Å². The largest absolute Gasteiger partial charge is 0.466 e. The van der Waals surface area contributed by atoms with Gasteiger partial charge in [0.25, 0.3) is 0 Å². The van der Waals surface area contributed by atoms with E-state index >= 15 is 0 Å². The van der Waals surface area contributed by atoms with Crippen LogP contribution in [0.2, 0.25) is 0 Å². The summed E-state index contributed by atoms with van der Waals surface area (Å²) in [5.74, 6) is 0.789. The van der Waals surface area contributed by atoms with E-state index in [4.69, 9.17) is 4.74 Å². The zero-order chi connectivity index (χ0) is 15.0. The lowest BCUT2D eigenvalue weighted by atomic mass is 9.76. The molecule has 20 heavy (non-hydrogen) atoms. The first-order valence-corrected chi connectivity index (χ1v) is 8.32. The van der Waals surface area contributed by atoms with E-state index < -0.39 is 0 Å². The van der Waals surface area contributed by atoms with Gasteiger partial charge in [-0.15, -0.1) is 0 Å². The van der Waals surface area contributed by atoms with E-state index in [1.54, 1.807) is 0 Å². The van der Waals surface area contributed by atoms with Crippen molar-refractivity contribution in [1.82, 2.24) is 5.32 Å². The Kier molecular flexibility index (Phi) is 7.57. The minimum absolute atomic E-state index is 0.0667. The maximum atomic E-state index is 11.3. The number of carbonyl (C=O) groups excluding carboxylic acids is 1. The molecule has 1 aliphatic rings. The number of hydrogen-bond donors (Lipinski definition) is 1. The quantitative estimate of drug-likeness (QED) is 0.456. The lowest BCUT2D eigenvalue weighted by Gasteiger charge is -2.29. The van der Waals surface area contributed by atoms with Crippen LogP contribution in [0.3, 0.4) is 0 Å². The molecule has 2 unspecified atom stereocenters. The number of nitrogens with one attached hydrogen (secondary N) is 1. The second-order valence-electron chi connectivity index (χ2n) is 7.13. The van der Waals surface area contributed by atoms with Gasteiger partial charge in [-0.1, -0.05) is 27.2 Å². The highest BCUT2D eigenvalue weighted by Crippen LogP contribution is 2.36. The normalized spacial score (nSPS) is 24.2. The van der Waals surface area contributed by atoms with Gasteiger partial charge in [-0.25, -0.2) is 0 Å². The summed E-state index contributed by atoms with van der Waals surface area (Å²) < 4.78 is 4.94. The third-order valence-corrected chi connectivity index (χ3v) is 4.49. The van der Waals surface area contributed by atoms with Crippen LogP contribution in [0.4, 0.5) is 0 Å². The topological polar surface area (TPSA) is 38.3 Å². The van der Waals surface area contributed by atoms with E-state index in [0.717, 1.165) is 18.9 Å². The highest BCUT2D eigenvalue weighted by molar-refractivity contribution is 5.69. The molecule has 0 amide bonds. The van der Waals surface area contributed by atoms with Gasteiger partial charge in [0.1, 0.15) is 0 Å². The molecule has 1 N–H and O–H groups in total. The van der Waals surface area contributed by atoms with E-state index in [2.05, 4.69) is 26.1 Å². The van der Waals surface area contributed by atoms with Crippen molar-refractivity contribution in [3.05, 3.63) is 0 Å². The summed E-state index contributed by atoms with van der Waals surface area (Å²) in [6.07, 6.45) is 8.02. The smallest absolute Gasteiger partial charge is 0.305 e. The fourth-order valence-electron chi connectivity index (χ4n) is 3.14. The molecule has 3 nitrogen and oxygen atoms in total. The Bertz CT molecular complexity index is 283. The highest BCUT2D eigenvalue weighted by atomic mass is 16.5. The third kappa shape index (κ3) is 6.74. The van der Waals surface area contributed by atoms with E-state index in [0.29, 0.717) is 24.5 Å². The van der Waals surface area contributed by atoms with Crippen molar-refractivity contribution in [2.45, 2.75) is 78.7 Å². The van der Waals surface area contributed by atoms with E-state index in [-0.39, 0.29) is 5.97 Å². The molecule has 0 heterocycles. The first kappa shape index (κ1) is 17.5. The SMILES string of the molecule is CCOC(=O)CCCNC1CCCC(C(C)(C)C)CC1. The molecule has 1 aliphatic carbocycles. The standard InChI is InChI=1S/C17H33NO2/c1-5-20-16(19)10-7-13-18-15-9-6-8-14(11-12-15)17(2,3)4/h14-15,18H,5-13H2,1-4H3. The molecule has 1 saturated carbocycles. The van der Waals surface area contributed by atoms with Crippen molar-refractivity contribution < 1.29 is 9.53 Å². The van der Waals surface area contributed by atoms with Crippen LogP contribution in [0.15, 0.2) is 0 Å². The number of rotatable bonds is 6. The Morgan fingerprint density at radius 3 is 2.60 bits per heavy atom. The third-order valence-electron chi connectivity index (χ3n) is 4.49. The number of esters is 1. The first-order chi connectivity index (χ1) is 9.43. The predicted octanol–water partition coefficient (Wildman–Crippen LogP) is 3.91. The van der Waals surface area contributed by atoms with E-state index in [1.165, 1.54) is 32.1 Å². The molecular formula is C17H33NO2. The van der Waals surface area contributed by atoms with E-state index in [1.807, 2.05) is 6.92 Å². The average Bonchev–Trinajstić information content (AvgIpc) is 2.60. The fourth-order valence-corrected chi connectivity index (χ4v) is 3.14. The molecule has 1 fully saturated rings. The van der Waals surface area contributed by atoms with Gasteiger partial charge in [-0.2, -0.15) is 0 Å². The minimum Gasteiger partial charge on any atom is -0.466 e. The lowest BCUT2D eigenvalue weighted by molar-refractivity contribution is -0.143. The molecule has 1 rings (SSSR count).